The van der Waals surface area contributed by atoms with Crippen molar-refractivity contribution in [2.45, 2.75) is 19.1 Å². The molecule has 2 aliphatic rings. The van der Waals surface area contributed by atoms with E-state index in [-0.39, 0.29) is 24.5 Å². The molecule has 4 heterocycles. The smallest absolute Gasteiger partial charge is 0.257 e. The third kappa shape index (κ3) is 3.00. The Kier molecular flexibility index (Phi) is 4.43. The summed E-state index contributed by atoms with van der Waals surface area (Å²) in [5.74, 6) is -0.0927. The second kappa shape index (κ2) is 7.48. The number of benzene rings is 2. The maximum atomic E-state index is 13.4. The summed E-state index contributed by atoms with van der Waals surface area (Å²) < 4.78 is 2.07. The number of nitrogens with one attached hydrogen (secondary N) is 1. The summed E-state index contributed by atoms with van der Waals surface area (Å²) >= 11 is 0. The first-order valence-corrected chi connectivity index (χ1v) is 11.1. The molecule has 0 unspecified atom stereocenters. The summed E-state index contributed by atoms with van der Waals surface area (Å²) in [6.45, 7) is 0.795. The fraction of sp³-hybridized carbons (Fsp3) is 0.192. The van der Waals surface area contributed by atoms with E-state index in [0.717, 1.165) is 34.3 Å². The molecule has 0 aliphatic carbocycles. The van der Waals surface area contributed by atoms with E-state index in [2.05, 4.69) is 25.8 Å². The highest BCUT2D eigenvalue weighted by atomic mass is 16.2. The van der Waals surface area contributed by atoms with Gasteiger partial charge in [-0.25, -0.2) is 0 Å². The number of aromatic nitrogens is 2. The highest BCUT2D eigenvalue weighted by molar-refractivity contribution is 6.03. The zero-order chi connectivity index (χ0) is 22.5. The number of nitrogens with zero attached hydrogens (tertiary/aromatic N) is 4. The largest absolute Gasteiger partial charge is 0.349 e. The highest BCUT2D eigenvalue weighted by Gasteiger charge is 2.42. The summed E-state index contributed by atoms with van der Waals surface area (Å²) in [6, 6.07) is 19.5. The molecule has 0 saturated heterocycles. The molecule has 164 valence electrons. The maximum Gasteiger partial charge on any atom is 0.257 e. The molecule has 33 heavy (non-hydrogen) atoms. The van der Waals surface area contributed by atoms with Gasteiger partial charge in [-0.05, 0) is 42.3 Å². The van der Waals surface area contributed by atoms with E-state index in [4.69, 9.17) is 0 Å². The number of anilines is 2. The van der Waals surface area contributed by atoms with E-state index in [1.54, 1.807) is 18.5 Å². The van der Waals surface area contributed by atoms with E-state index in [1.165, 1.54) is 5.56 Å². The van der Waals surface area contributed by atoms with Crippen molar-refractivity contribution in [3.05, 3.63) is 89.9 Å². The van der Waals surface area contributed by atoms with Crippen LogP contribution in [0.25, 0.3) is 10.9 Å². The van der Waals surface area contributed by atoms with Crippen molar-refractivity contribution in [2.24, 2.45) is 0 Å². The monoisotopic (exact) mass is 437 g/mol. The number of fused-ring (bicyclic) bond motifs is 6. The Bertz CT molecular complexity index is 1390. The van der Waals surface area contributed by atoms with Crippen LogP contribution in [-0.4, -0.2) is 39.9 Å². The van der Waals surface area contributed by atoms with Crippen LogP contribution in [0.15, 0.2) is 73.1 Å². The van der Waals surface area contributed by atoms with Gasteiger partial charge in [-0.1, -0.05) is 30.3 Å². The van der Waals surface area contributed by atoms with Crippen molar-refractivity contribution in [3.8, 4) is 0 Å². The van der Waals surface area contributed by atoms with Gasteiger partial charge in [-0.3, -0.25) is 14.6 Å². The van der Waals surface area contributed by atoms with Gasteiger partial charge in [0.2, 0.25) is 5.91 Å². The lowest BCUT2D eigenvalue weighted by molar-refractivity contribution is -0.116. The van der Waals surface area contributed by atoms with Crippen molar-refractivity contribution < 1.29 is 9.59 Å². The molecule has 0 fully saturated rings. The summed E-state index contributed by atoms with van der Waals surface area (Å²) in [5.41, 5.74) is 5.51. The lowest BCUT2D eigenvalue weighted by atomic mass is 9.96. The molecule has 2 aromatic heterocycles. The van der Waals surface area contributed by atoms with Gasteiger partial charge in [0.1, 0.15) is 12.7 Å². The summed E-state index contributed by atoms with van der Waals surface area (Å²) in [4.78, 5) is 34.6. The van der Waals surface area contributed by atoms with E-state index in [0.29, 0.717) is 12.2 Å². The summed E-state index contributed by atoms with van der Waals surface area (Å²) in [6.07, 6.45) is 3.79. The number of amides is 2. The topological polar surface area (TPSA) is 70.5 Å². The Morgan fingerprint density at radius 1 is 1.09 bits per heavy atom. The molecule has 1 N–H and O–H groups in total. The molecule has 2 amide bonds. The van der Waals surface area contributed by atoms with Crippen LogP contribution in [0.3, 0.4) is 0 Å². The van der Waals surface area contributed by atoms with Crippen LogP contribution in [0.2, 0.25) is 0 Å². The number of carbonyl (C=O) groups is 2. The number of hydrogen-bond acceptors (Lipinski definition) is 4. The molecule has 4 aromatic rings. The Labute approximate surface area is 191 Å². The zero-order valence-corrected chi connectivity index (χ0v) is 18.2. The lowest BCUT2D eigenvalue weighted by Gasteiger charge is -2.46. The Morgan fingerprint density at radius 3 is 2.76 bits per heavy atom. The van der Waals surface area contributed by atoms with Gasteiger partial charge in [0.25, 0.3) is 5.91 Å². The minimum Gasteiger partial charge on any atom is -0.349 e. The molecule has 0 bridgehead atoms. The molecule has 6 rings (SSSR count). The van der Waals surface area contributed by atoms with Crippen molar-refractivity contribution in [1.29, 1.82) is 0 Å². The van der Waals surface area contributed by atoms with Gasteiger partial charge in [0.15, 0.2) is 0 Å². The molecule has 2 aliphatic heterocycles. The van der Waals surface area contributed by atoms with Gasteiger partial charge in [-0.15, -0.1) is 0 Å². The molecule has 7 heteroatoms. The Morgan fingerprint density at radius 2 is 1.91 bits per heavy atom. The molecular weight excluding hydrogens is 414 g/mol. The van der Waals surface area contributed by atoms with Crippen molar-refractivity contribution in [2.75, 3.05) is 23.8 Å². The van der Waals surface area contributed by atoms with Gasteiger partial charge in [0, 0.05) is 30.7 Å². The predicted octanol–water partition coefficient (Wildman–Crippen LogP) is 3.82. The van der Waals surface area contributed by atoms with Gasteiger partial charge in [-0.2, -0.15) is 0 Å². The minimum absolute atomic E-state index is 0.0379. The lowest BCUT2D eigenvalue weighted by Crippen LogP contribution is -2.51. The summed E-state index contributed by atoms with van der Waals surface area (Å²) in [5, 5.41) is 4.08. The number of hydrogen-bond donors (Lipinski definition) is 1. The van der Waals surface area contributed by atoms with Crippen LogP contribution < -0.4 is 10.2 Å². The third-order valence-corrected chi connectivity index (χ3v) is 6.65. The molecule has 2 aromatic carbocycles. The molecule has 7 nitrogen and oxygen atoms in total. The number of rotatable bonds is 3. The fourth-order valence-electron chi connectivity index (χ4n) is 5.26. The average Bonchev–Trinajstić information content (AvgIpc) is 3.16. The van der Waals surface area contributed by atoms with E-state index < -0.39 is 0 Å². The first-order valence-electron chi connectivity index (χ1n) is 11.1. The standard InChI is InChI=1S/C26H23N5O2/c1-29-21-10-4-3-9-20(21)26(33)30-14-12-19-18-8-2-5-11-22(18)31(24(19)25(29)30)16-23(32)28-17-7-6-13-27-15-17/h2-11,13,15,25H,12,14,16H2,1H3,(H,28,32)/t25-/m1/s1. The molecular formula is C26H23N5O2. The van der Waals surface area contributed by atoms with Crippen molar-refractivity contribution >= 4 is 34.1 Å². The first kappa shape index (κ1) is 19.5. The van der Waals surface area contributed by atoms with E-state index >= 15 is 0 Å². The second-order valence-electron chi connectivity index (χ2n) is 8.51. The van der Waals surface area contributed by atoms with Crippen LogP contribution >= 0.6 is 0 Å². The van der Waals surface area contributed by atoms with Crippen LogP contribution in [0.1, 0.15) is 27.8 Å². The van der Waals surface area contributed by atoms with Crippen LogP contribution in [-0.2, 0) is 17.8 Å². The minimum atomic E-state index is -0.269. The molecule has 0 spiro atoms. The predicted molar refractivity (Wildman–Crippen MR) is 127 cm³/mol. The molecule has 1 atom stereocenters. The average molecular weight is 438 g/mol. The van der Waals surface area contributed by atoms with Gasteiger partial charge >= 0.3 is 0 Å². The number of para-hydroxylation sites is 2. The normalized spacial score (nSPS) is 16.9. The fourth-order valence-corrected chi connectivity index (χ4v) is 5.26. The van der Waals surface area contributed by atoms with Crippen molar-refractivity contribution in [3.63, 3.8) is 0 Å². The summed E-state index contributed by atoms with van der Waals surface area (Å²) in [7, 11) is 2.02. The Balaban J connectivity index is 1.48. The van der Waals surface area contributed by atoms with Crippen LogP contribution in [0.5, 0.6) is 0 Å². The van der Waals surface area contributed by atoms with E-state index in [1.807, 2.05) is 60.5 Å². The van der Waals surface area contributed by atoms with Crippen LogP contribution in [0, 0.1) is 0 Å². The van der Waals surface area contributed by atoms with Crippen LogP contribution in [0.4, 0.5) is 11.4 Å². The maximum absolute atomic E-state index is 13.4. The second-order valence-corrected chi connectivity index (χ2v) is 8.51. The van der Waals surface area contributed by atoms with E-state index in [9.17, 15) is 9.59 Å². The number of carbonyl (C=O) groups excluding carboxylic acids is 2. The SMILES string of the molecule is CN1c2ccccc2C(=O)N2CCc3c(n(CC(=O)Nc4cccnc4)c4ccccc34)[C@@H]21. The van der Waals surface area contributed by atoms with Crippen molar-refractivity contribution in [1.82, 2.24) is 14.5 Å². The molecule has 0 saturated carbocycles. The highest BCUT2D eigenvalue weighted by Crippen LogP contribution is 2.44. The Hall–Kier alpha value is -4.13. The zero-order valence-electron chi connectivity index (χ0n) is 18.2. The molecule has 0 radical (unpaired) electrons. The van der Waals surface area contributed by atoms with Gasteiger partial charge in [0.05, 0.1) is 28.8 Å². The number of pyridine rings is 1. The first-order chi connectivity index (χ1) is 16.1. The third-order valence-electron chi connectivity index (χ3n) is 6.65. The van der Waals surface area contributed by atoms with Gasteiger partial charge < -0.3 is 19.7 Å². The quantitative estimate of drug-likeness (QED) is 0.529.